The molecule has 0 spiro atoms. The Bertz CT molecular complexity index is 808. The maximum atomic E-state index is 12.2. The highest BCUT2D eigenvalue weighted by Gasteiger charge is 2.31. The Morgan fingerprint density at radius 1 is 1.21 bits per heavy atom. The third kappa shape index (κ3) is 5.63. The molecule has 150 valence electrons. The summed E-state index contributed by atoms with van der Waals surface area (Å²) in [5, 5.41) is 10.9. The van der Waals surface area contributed by atoms with Gasteiger partial charge in [0.25, 0.3) is 0 Å². The van der Waals surface area contributed by atoms with E-state index in [0.29, 0.717) is 17.8 Å². The molecule has 0 radical (unpaired) electrons. The van der Waals surface area contributed by atoms with Crippen LogP contribution < -0.4 is 15.8 Å². The molecule has 8 heteroatoms. The molecule has 1 aliphatic heterocycles. The lowest BCUT2D eigenvalue weighted by Gasteiger charge is -2.33. The molecule has 2 aromatic rings. The van der Waals surface area contributed by atoms with E-state index in [9.17, 15) is 13.2 Å². The van der Waals surface area contributed by atoms with Crippen LogP contribution in [0.25, 0.3) is 0 Å². The Labute approximate surface area is 161 Å². The molecule has 2 aromatic carbocycles. The van der Waals surface area contributed by atoms with E-state index in [1.54, 1.807) is 18.2 Å². The third-order valence-corrected chi connectivity index (χ3v) is 4.68. The molecular weight excluding hydrogens is 369 g/mol. The normalized spacial score (nSPS) is 17.9. The number of hydrogen-bond donors (Lipinski definition) is 3. The Morgan fingerprint density at radius 2 is 1.96 bits per heavy atom. The fourth-order valence-corrected chi connectivity index (χ4v) is 3.40. The summed E-state index contributed by atoms with van der Waals surface area (Å²) < 4.78 is 40.7. The van der Waals surface area contributed by atoms with E-state index in [4.69, 9.17) is 11.1 Å². The van der Waals surface area contributed by atoms with Gasteiger partial charge in [-0.15, -0.1) is 13.2 Å². The summed E-state index contributed by atoms with van der Waals surface area (Å²) in [6.07, 6.45) is -1.38. The highest BCUT2D eigenvalue weighted by Crippen LogP contribution is 2.24. The van der Waals surface area contributed by atoms with Gasteiger partial charge in [-0.3, -0.25) is 4.90 Å². The average molecular weight is 392 g/mol. The van der Waals surface area contributed by atoms with Crippen molar-refractivity contribution in [3.63, 3.8) is 0 Å². The zero-order valence-electron chi connectivity index (χ0n) is 15.3. The van der Waals surface area contributed by atoms with Crippen molar-refractivity contribution < 1.29 is 17.9 Å². The van der Waals surface area contributed by atoms with Crippen molar-refractivity contribution in [1.82, 2.24) is 4.90 Å². The first-order valence-electron chi connectivity index (χ1n) is 9.06. The molecule has 0 bridgehead atoms. The fraction of sp³-hybridized carbons (Fsp3) is 0.350. The predicted molar refractivity (Wildman–Crippen MR) is 104 cm³/mol. The summed E-state index contributed by atoms with van der Waals surface area (Å²) in [4.78, 5) is 2.27. The molecular formula is C20H23F3N4O. The Balaban J connectivity index is 1.57. The van der Waals surface area contributed by atoms with Crippen LogP contribution in [0.1, 0.15) is 24.0 Å². The first-order chi connectivity index (χ1) is 13.3. The molecule has 1 fully saturated rings. The van der Waals surface area contributed by atoms with Crippen LogP contribution >= 0.6 is 0 Å². The van der Waals surface area contributed by atoms with Gasteiger partial charge in [0.1, 0.15) is 5.75 Å². The number of ether oxygens (including phenoxy) is 1. The van der Waals surface area contributed by atoms with E-state index in [2.05, 4.69) is 15.0 Å². The first kappa shape index (κ1) is 20.0. The van der Waals surface area contributed by atoms with Gasteiger partial charge >= 0.3 is 6.36 Å². The molecule has 0 aliphatic carbocycles. The summed E-state index contributed by atoms with van der Waals surface area (Å²) in [6, 6.07) is 11.8. The second-order valence-corrected chi connectivity index (χ2v) is 6.90. The van der Waals surface area contributed by atoms with Crippen molar-refractivity contribution in [2.24, 2.45) is 0 Å². The van der Waals surface area contributed by atoms with Crippen LogP contribution in [-0.2, 0) is 6.54 Å². The van der Waals surface area contributed by atoms with Gasteiger partial charge in [0.05, 0.1) is 0 Å². The average Bonchev–Trinajstić information content (AvgIpc) is 2.64. The molecule has 0 amide bonds. The molecule has 0 saturated carbocycles. The molecule has 1 heterocycles. The van der Waals surface area contributed by atoms with E-state index in [-0.39, 0.29) is 11.8 Å². The fourth-order valence-electron chi connectivity index (χ4n) is 3.40. The minimum absolute atomic E-state index is 0.209. The number of nitrogens with one attached hydrogen (secondary N) is 2. The summed E-state index contributed by atoms with van der Waals surface area (Å²) in [5.41, 5.74) is 8.94. The van der Waals surface area contributed by atoms with E-state index in [0.717, 1.165) is 37.2 Å². The Kier molecular flexibility index (Phi) is 6.08. The van der Waals surface area contributed by atoms with Gasteiger partial charge in [0.2, 0.25) is 0 Å². The van der Waals surface area contributed by atoms with E-state index in [1.165, 1.54) is 18.3 Å². The van der Waals surface area contributed by atoms with Gasteiger partial charge in [0, 0.05) is 42.3 Å². The molecule has 1 saturated heterocycles. The number of likely N-dealkylation sites (tertiary alicyclic amines) is 1. The highest BCUT2D eigenvalue weighted by atomic mass is 19.4. The van der Waals surface area contributed by atoms with E-state index >= 15 is 0 Å². The molecule has 1 aliphatic rings. The second kappa shape index (κ2) is 8.52. The first-order valence-corrected chi connectivity index (χ1v) is 9.06. The number of nitrogen functional groups attached to an aromatic ring is 1. The number of rotatable bonds is 6. The van der Waals surface area contributed by atoms with Crippen LogP contribution in [0.15, 0.2) is 42.5 Å². The minimum Gasteiger partial charge on any atom is -0.406 e. The molecule has 5 nitrogen and oxygen atoms in total. The zero-order valence-corrected chi connectivity index (χ0v) is 15.3. The van der Waals surface area contributed by atoms with E-state index < -0.39 is 6.36 Å². The van der Waals surface area contributed by atoms with Crippen molar-refractivity contribution in [2.45, 2.75) is 31.8 Å². The molecule has 3 rings (SSSR count). The standard InChI is InChI=1S/C20H23F3N4O/c21-20(22,23)28-18-6-3-14(4-7-18)12-27-9-1-2-17(13-27)26-16-5-8-19(25)15(10-16)11-24/h3-8,10-11,17,24,26H,1-2,9,12-13,25H2. The highest BCUT2D eigenvalue weighted by molar-refractivity contribution is 5.86. The van der Waals surface area contributed by atoms with Crippen LogP contribution in [-0.4, -0.2) is 36.6 Å². The monoisotopic (exact) mass is 392 g/mol. The van der Waals surface area contributed by atoms with Gasteiger partial charge in [-0.1, -0.05) is 12.1 Å². The van der Waals surface area contributed by atoms with E-state index in [1.807, 2.05) is 12.1 Å². The number of halogens is 3. The molecule has 0 aromatic heterocycles. The summed E-state index contributed by atoms with van der Waals surface area (Å²) >= 11 is 0. The number of nitrogens with two attached hydrogens (primary N) is 1. The summed E-state index contributed by atoms with van der Waals surface area (Å²) in [5.74, 6) is -0.209. The molecule has 28 heavy (non-hydrogen) atoms. The molecule has 1 atom stereocenters. The van der Waals surface area contributed by atoms with Gasteiger partial charge in [-0.25, -0.2) is 0 Å². The number of benzene rings is 2. The Hall–Kier alpha value is -2.74. The maximum absolute atomic E-state index is 12.2. The summed E-state index contributed by atoms with van der Waals surface area (Å²) in [6.45, 7) is 2.43. The zero-order chi connectivity index (χ0) is 20.1. The number of alkyl halides is 3. The van der Waals surface area contributed by atoms with Crippen LogP contribution in [0, 0.1) is 5.41 Å². The Morgan fingerprint density at radius 3 is 2.64 bits per heavy atom. The van der Waals surface area contributed by atoms with Crippen LogP contribution in [0.5, 0.6) is 5.75 Å². The van der Waals surface area contributed by atoms with Crippen molar-refractivity contribution in [3.05, 3.63) is 53.6 Å². The molecule has 1 unspecified atom stereocenters. The van der Waals surface area contributed by atoms with Crippen LogP contribution in [0.2, 0.25) is 0 Å². The lowest BCUT2D eigenvalue weighted by atomic mass is 10.0. The quantitative estimate of drug-likeness (QED) is 0.508. The van der Waals surface area contributed by atoms with Crippen LogP contribution in [0.3, 0.4) is 0 Å². The largest absolute Gasteiger partial charge is 0.573 e. The van der Waals surface area contributed by atoms with Gasteiger partial charge in [0.15, 0.2) is 0 Å². The van der Waals surface area contributed by atoms with Crippen molar-refractivity contribution >= 4 is 17.6 Å². The smallest absolute Gasteiger partial charge is 0.406 e. The lowest BCUT2D eigenvalue weighted by molar-refractivity contribution is -0.274. The van der Waals surface area contributed by atoms with Gasteiger partial charge < -0.3 is 21.2 Å². The van der Waals surface area contributed by atoms with Gasteiger partial charge in [-0.05, 0) is 55.3 Å². The van der Waals surface area contributed by atoms with Gasteiger partial charge in [-0.2, -0.15) is 0 Å². The van der Waals surface area contributed by atoms with Crippen molar-refractivity contribution in [1.29, 1.82) is 5.41 Å². The van der Waals surface area contributed by atoms with Crippen molar-refractivity contribution in [3.8, 4) is 5.75 Å². The maximum Gasteiger partial charge on any atom is 0.573 e. The molecule has 4 N–H and O–H groups in total. The number of anilines is 2. The minimum atomic E-state index is -4.67. The number of hydrogen-bond acceptors (Lipinski definition) is 5. The summed E-state index contributed by atoms with van der Waals surface area (Å²) in [7, 11) is 0. The second-order valence-electron chi connectivity index (χ2n) is 6.90. The predicted octanol–water partition coefficient (Wildman–Crippen LogP) is 4.24. The SMILES string of the molecule is N=Cc1cc(NC2CCCN(Cc3ccc(OC(F)(F)F)cc3)C2)ccc1N. The number of piperidine rings is 1. The van der Waals surface area contributed by atoms with Crippen molar-refractivity contribution in [2.75, 3.05) is 24.1 Å². The lowest BCUT2D eigenvalue weighted by Crippen LogP contribution is -2.41. The van der Waals surface area contributed by atoms with Crippen LogP contribution in [0.4, 0.5) is 24.5 Å². The topological polar surface area (TPSA) is 74.4 Å². The number of nitrogens with zero attached hydrogens (tertiary/aromatic N) is 1. The third-order valence-electron chi connectivity index (χ3n) is 4.68.